The number of nitrogens with zero attached hydrogens (tertiary/aromatic N) is 2. The number of benzene rings is 1. The van der Waals surface area contributed by atoms with E-state index in [0.29, 0.717) is 18.8 Å². The first kappa shape index (κ1) is 49.8. The third-order valence-corrected chi connectivity index (χ3v) is 11.6. The van der Waals surface area contributed by atoms with Gasteiger partial charge in [0.2, 0.25) is 5.71 Å². The van der Waals surface area contributed by atoms with Crippen LogP contribution in [0.3, 0.4) is 0 Å². The Labute approximate surface area is 360 Å². The van der Waals surface area contributed by atoms with Crippen LogP contribution in [0.15, 0.2) is 73.3 Å². The second-order valence-electron chi connectivity index (χ2n) is 16.3. The highest BCUT2D eigenvalue weighted by Gasteiger charge is 2.47. The highest BCUT2D eigenvalue weighted by atomic mass is 16.5. The summed E-state index contributed by atoms with van der Waals surface area (Å²) in [7, 11) is 0. The highest BCUT2D eigenvalue weighted by Crippen LogP contribution is 2.46. The predicted octanol–water partition coefficient (Wildman–Crippen LogP) is 11.0. The van der Waals surface area contributed by atoms with E-state index in [4.69, 9.17) is 9.47 Å². The minimum absolute atomic E-state index is 0.0381. The number of allylic oxidation sites excluding steroid dienone is 5. The lowest BCUT2D eigenvalue weighted by atomic mass is 9.70. The van der Waals surface area contributed by atoms with Crippen LogP contribution in [0.4, 0.5) is 5.69 Å². The molecule has 2 aliphatic carbocycles. The summed E-state index contributed by atoms with van der Waals surface area (Å²) in [5, 5.41) is 33.9. The van der Waals surface area contributed by atoms with Crippen molar-refractivity contribution in [3.8, 4) is 5.75 Å². The zero-order valence-corrected chi connectivity index (χ0v) is 36.8. The molecule has 0 radical (unpaired) electrons. The van der Waals surface area contributed by atoms with Gasteiger partial charge in [-0.3, -0.25) is 4.79 Å². The topological polar surface area (TPSA) is 137 Å². The fourth-order valence-corrected chi connectivity index (χ4v) is 7.98. The SMILES string of the molecule is C=CC(=O)OCCCCCCN(CCCCCCCC)c1ccc(C2=C(O)C(C3C=CC(=[N+](CCCCCCCC)CCCCCCOC(=O)C=C)C=C3O)C2=O)c(O)c1. The number of hydrogen-bond acceptors (Lipinski definition) is 9. The van der Waals surface area contributed by atoms with Gasteiger partial charge in [-0.05, 0) is 63.5 Å². The van der Waals surface area contributed by atoms with Gasteiger partial charge in [-0.25, -0.2) is 14.2 Å². The molecule has 10 nitrogen and oxygen atoms in total. The van der Waals surface area contributed by atoms with E-state index < -0.39 is 23.8 Å². The summed E-state index contributed by atoms with van der Waals surface area (Å²) in [6.45, 7) is 15.4. The van der Waals surface area contributed by atoms with Crippen molar-refractivity contribution >= 4 is 34.7 Å². The molecular weight excluding hydrogens is 757 g/mol. The van der Waals surface area contributed by atoms with Crippen LogP contribution in [0.25, 0.3) is 5.57 Å². The van der Waals surface area contributed by atoms with Gasteiger partial charge in [-0.2, -0.15) is 0 Å². The van der Waals surface area contributed by atoms with Crippen molar-refractivity contribution in [3.05, 3.63) is 78.8 Å². The first-order chi connectivity index (χ1) is 29.2. The van der Waals surface area contributed by atoms with Crippen molar-refractivity contribution in [2.45, 2.75) is 142 Å². The van der Waals surface area contributed by atoms with E-state index in [9.17, 15) is 29.7 Å². The zero-order valence-electron chi connectivity index (χ0n) is 36.8. The van der Waals surface area contributed by atoms with Crippen molar-refractivity contribution in [3.63, 3.8) is 0 Å². The Morgan fingerprint density at radius 2 is 1.22 bits per heavy atom. The number of carbonyl (C=O) groups is 3. The van der Waals surface area contributed by atoms with E-state index in [-0.39, 0.29) is 28.6 Å². The predicted molar refractivity (Wildman–Crippen MR) is 243 cm³/mol. The summed E-state index contributed by atoms with van der Waals surface area (Å²) in [5.74, 6) is -2.85. The maximum absolute atomic E-state index is 13.7. The normalized spacial score (nSPS) is 16.9. The lowest BCUT2D eigenvalue weighted by molar-refractivity contribution is -0.527. The van der Waals surface area contributed by atoms with Crippen LogP contribution in [0.1, 0.15) is 148 Å². The molecule has 332 valence electrons. The van der Waals surface area contributed by atoms with Crippen LogP contribution in [-0.4, -0.2) is 82.7 Å². The molecule has 0 aromatic heterocycles. The number of aliphatic hydroxyl groups excluding tert-OH is 2. The smallest absolute Gasteiger partial charge is 0.330 e. The van der Waals surface area contributed by atoms with E-state index in [1.807, 2.05) is 18.2 Å². The van der Waals surface area contributed by atoms with E-state index in [1.54, 1.807) is 18.2 Å². The van der Waals surface area contributed by atoms with Gasteiger partial charge < -0.3 is 29.7 Å². The molecule has 1 aromatic carbocycles. The number of phenols is 1. The van der Waals surface area contributed by atoms with Crippen LogP contribution in [0.2, 0.25) is 0 Å². The Bertz CT molecular complexity index is 1660. The molecule has 1 aromatic rings. The van der Waals surface area contributed by atoms with Gasteiger partial charge in [-0.15, -0.1) is 0 Å². The van der Waals surface area contributed by atoms with E-state index in [0.717, 1.165) is 115 Å². The summed E-state index contributed by atoms with van der Waals surface area (Å²) < 4.78 is 12.5. The number of Topliss-reactive ketones (excluding diaryl/α,β-unsaturated/α-hetero) is 1. The lowest BCUT2D eigenvalue weighted by Gasteiger charge is -2.33. The van der Waals surface area contributed by atoms with Gasteiger partial charge in [0.1, 0.15) is 30.4 Å². The van der Waals surface area contributed by atoms with E-state index in [2.05, 4.69) is 36.5 Å². The zero-order chi connectivity index (χ0) is 43.5. The maximum atomic E-state index is 13.7. The first-order valence-electron chi connectivity index (χ1n) is 23.0. The molecule has 60 heavy (non-hydrogen) atoms. The Balaban J connectivity index is 1.68. The minimum Gasteiger partial charge on any atom is -0.511 e. The summed E-state index contributed by atoms with van der Waals surface area (Å²) in [6.07, 6.45) is 29.3. The van der Waals surface area contributed by atoms with Crippen LogP contribution in [0, 0.1) is 11.8 Å². The van der Waals surface area contributed by atoms with Crippen LogP contribution in [0.5, 0.6) is 5.75 Å². The monoisotopic (exact) mass is 832 g/mol. The molecule has 0 aliphatic heterocycles. The second-order valence-corrected chi connectivity index (χ2v) is 16.3. The molecule has 3 N–H and O–H groups in total. The number of unbranched alkanes of at least 4 members (excludes halogenated alkanes) is 16. The molecule has 0 spiro atoms. The molecule has 0 bridgehead atoms. The lowest BCUT2D eigenvalue weighted by Crippen LogP contribution is -2.37. The highest BCUT2D eigenvalue weighted by molar-refractivity contribution is 6.30. The van der Waals surface area contributed by atoms with Gasteiger partial charge in [0, 0.05) is 67.6 Å². The number of ether oxygens (including phenoxy) is 2. The second kappa shape index (κ2) is 28.8. The third kappa shape index (κ3) is 16.8. The Morgan fingerprint density at radius 1 is 0.717 bits per heavy atom. The van der Waals surface area contributed by atoms with E-state index >= 15 is 0 Å². The number of ketones is 1. The fourth-order valence-electron chi connectivity index (χ4n) is 7.98. The van der Waals surface area contributed by atoms with E-state index in [1.165, 1.54) is 63.5 Å². The van der Waals surface area contributed by atoms with Crippen molar-refractivity contribution in [2.24, 2.45) is 11.8 Å². The molecule has 2 atom stereocenters. The van der Waals surface area contributed by atoms with Gasteiger partial charge in [0.25, 0.3) is 0 Å². The summed E-state index contributed by atoms with van der Waals surface area (Å²) in [4.78, 5) is 38.6. The van der Waals surface area contributed by atoms with Gasteiger partial charge >= 0.3 is 11.9 Å². The quantitative estimate of drug-likeness (QED) is 0.0274. The number of carbonyl (C=O) groups excluding carboxylic acids is 3. The molecule has 10 heteroatoms. The Kier molecular flexibility index (Phi) is 23.9. The van der Waals surface area contributed by atoms with Crippen LogP contribution in [-0.2, 0) is 23.9 Å². The van der Waals surface area contributed by atoms with Gasteiger partial charge in [0.05, 0.1) is 30.6 Å². The summed E-state index contributed by atoms with van der Waals surface area (Å²) in [6, 6.07) is 5.33. The Hall–Kier alpha value is -4.60. The molecule has 2 unspecified atom stereocenters. The molecule has 0 fully saturated rings. The third-order valence-electron chi connectivity index (χ3n) is 11.6. The van der Waals surface area contributed by atoms with Crippen LogP contribution >= 0.6 is 0 Å². The number of aromatic hydroxyl groups is 1. The first-order valence-corrected chi connectivity index (χ1v) is 23.0. The molecule has 0 amide bonds. The number of anilines is 1. The molecule has 0 heterocycles. The summed E-state index contributed by atoms with van der Waals surface area (Å²) >= 11 is 0. The Morgan fingerprint density at radius 3 is 1.70 bits per heavy atom. The average Bonchev–Trinajstić information content (AvgIpc) is 3.24. The van der Waals surface area contributed by atoms with Crippen molar-refractivity contribution in [2.75, 3.05) is 44.3 Å². The number of hydrogen-bond donors (Lipinski definition) is 3. The number of phenolic OH excluding ortho intramolecular Hbond substituents is 1. The van der Waals surface area contributed by atoms with Crippen molar-refractivity contribution < 1.29 is 43.8 Å². The largest absolute Gasteiger partial charge is 0.511 e. The number of rotatable bonds is 33. The molecule has 0 saturated carbocycles. The molecule has 0 saturated heterocycles. The number of aliphatic hydroxyl groups is 2. The molecule has 2 aliphatic rings. The molecule has 3 rings (SSSR count). The minimum atomic E-state index is -0.917. The van der Waals surface area contributed by atoms with Crippen LogP contribution < -0.4 is 4.90 Å². The maximum Gasteiger partial charge on any atom is 0.330 e. The average molecular weight is 832 g/mol. The van der Waals surface area contributed by atoms with Gasteiger partial charge in [-0.1, -0.05) is 97.3 Å². The fraction of sp³-hybridized carbons (Fsp3) is 0.600. The van der Waals surface area contributed by atoms with Crippen molar-refractivity contribution in [1.29, 1.82) is 0 Å². The summed E-state index contributed by atoms with van der Waals surface area (Å²) in [5.41, 5.74) is 2.15. The molecular formula is C50H75N2O8+. The number of esters is 2. The van der Waals surface area contributed by atoms with Gasteiger partial charge in [0.15, 0.2) is 5.78 Å². The standard InChI is InChI=1S/C50H74N2O8/c1-5-9-11-13-15-21-31-51(33-23-17-19-25-35-59-45(55)7-3)39-27-29-41(43(53)37-39)47-49(57)48(50(47)58)42-30-28-40(38-44(42)54)52(32-22-16-14-12-10-6-2)34-24-18-20-26-36-60-46(56)8-4/h7-8,27-30,37-38,41,47H,3-6,9-26,31-36H2,1-2H3,(H2,54,57,58)/p+1. The van der Waals surface area contributed by atoms with Crippen molar-refractivity contribution in [1.82, 2.24) is 0 Å².